The molecule has 4 nitrogen and oxygen atoms in total. The van der Waals surface area contributed by atoms with Crippen LogP contribution in [0.5, 0.6) is 0 Å². The molecule has 0 radical (unpaired) electrons. The number of anilines is 1. The third-order valence-electron chi connectivity index (χ3n) is 5.85. The quantitative estimate of drug-likeness (QED) is 0.791. The summed E-state index contributed by atoms with van der Waals surface area (Å²) in [7, 11) is 0. The van der Waals surface area contributed by atoms with E-state index in [1.54, 1.807) is 6.07 Å². The Balaban J connectivity index is 0.00000225. The largest absolute Gasteiger partial charge is 0.322 e. The molecule has 4 rings (SSSR count). The second-order valence-electron chi connectivity index (χ2n) is 7.88. The van der Waals surface area contributed by atoms with Crippen molar-refractivity contribution in [2.75, 3.05) is 18.4 Å². The van der Waals surface area contributed by atoms with E-state index in [0.29, 0.717) is 17.2 Å². The van der Waals surface area contributed by atoms with Crippen molar-refractivity contribution in [3.05, 3.63) is 64.2 Å². The van der Waals surface area contributed by atoms with Gasteiger partial charge in [-0.25, -0.2) is 0 Å². The van der Waals surface area contributed by atoms with Crippen molar-refractivity contribution in [1.82, 2.24) is 4.90 Å². The van der Waals surface area contributed by atoms with Crippen molar-refractivity contribution in [2.45, 2.75) is 45.1 Å². The topological polar surface area (TPSA) is 56.1 Å². The van der Waals surface area contributed by atoms with Gasteiger partial charge in [0.15, 0.2) is 0 Å². The summed E-state index contributed by atoms with van der Waals surface area (Å²) in [4.78, 5) is 15.3. The Morgan fingerprint density at radius 3 is 2.79 bits per heavy atom. The van der Waals surface area contributed by atoms with E-state index in [4.69, 9.17) is 0 Å². The van der Waals surface area contributed by atoms with E-state index in [2.05, 4.69) is 42.3 Å². The van der Waals surface area contributed by atoms with Crippen LogP contribution in [-0.4, -0.2) is 23.9 Å². The molecule has 0 spiro atoms. The molecule has 2 aliphatic heterocycles. The van der Waals surface area contributed by atoms with Crippen molar-refractivity contribution in [3.8, 4) is 6.07 Å². The monoisotopic (exact) mass is 395 g/mol. The van der Waals surface area contributed by atoms with E-state index in [-0.39, 0.29) is 24.2 Å². The van der Waals surface area contributed by atoms with Crippen LogP contribution in [0.25, 0.3) is 0 Å². The fraction of sp³-hybridized carbons (Fsp3) is 0.391. The van der Waals surface area contributed by atoms with Gasteiger partial charge in [0.25, 0.3) is 5.91 Å². The number of carbonyl (C=O) groups excluding carboxylic acids is 1. The summed E-state index contributed by atoms with van der Waals surface area (Å²) in [6, 6.07) is 14.4. The van der Waals surface area contributed by atoms with Gasteiger partial charge in [0.2, 0.25) is 0 Å². The van der Waals surface area contributed by atoms with E-state index >= 15 is 0 Å². The molecule has 1 amide bonds. The first-order valence-corrected chi connectivity index (χ1v) is 9.79. The Labute approximate surface area is 173 Å². The highest BCUT2D eigenvalue weighted by atomic mass is 35.5. The van der Waals surface area contributed by atoms with Gasteiger partial charge in [0.1, 0.15) is 0 Å². The minimum absolute atomic E-state index is 0. The third kappa shape index (κ3) is 3.78. The highest BCUT2D eigenvalue weighted by molar-refractivity contribution is 6.04. The molecule has 1 unspecified atom stereocenters. The van der Waals surface area contributed by atoms with Crippen LogP contribution < -0.4 is 5.32 Å². The van der Waals surface area contributed by atoms with E-state index in [1.165, 1.54) is 30.5 Å². The van der Waals surface area contributed by atoms with Crippen LogP contribution in [-0.2, 0) is 6.42 Å². The number of nitrogens with one attached hydrogen (secondary N) is 1. The lowest BCUT2D eigenvalue weighted by Crippen LogP contribution is -2.31. The number of hydrogen-bond acceptors (Lipinski definition) is 3. The summed E-state index contributed by atoms with van der Waals surface area (Å²) >= 11 is 0. The summed E-state index contributed by atoms with van der Waals surface area (Å²) < 4.78 is 0. The van der Waals surface area contributed by atoms with Gasteiger partial charge < -0.3 is 5.32 Å². The molecular formula is C23H26ClN3O. The van der Waals surface area contributed by atoms with Crippen molar-refractivity contribution in [1.29, 1.82) is 5.26 Å². The Kier molecular flexibility index (Phi) is 6.07. The molecule has 5 heteroatoms. The van der Waals surface area contributed by atoms with Crippen LogP contribution in [0.15, 0.2) is 36.4 Å². The standard InChI is InChI=1S/C23H25N3O.ClH/c1-15(2)20-8-6-17(12-18(20)14-24)23(27)25-19-7-5-16-9-11-26-10-3-4-22(26)21(16)13-19;/h5-8,12-13,15,22H,3-4,9-11H2,1-2H3,(H,25,27);1H. The van der Waals surface area contributed by atoms with Gasteiger partial charge in [-0.3, -0.25) is 9.69 Å². The summed E-state index contributed by atoms with van der Waals surface area (Å²) in [6.45, 7) is 6.42. The highest BCUT2D eigenvalue weighted by Gasteiger charge is 2.31. The molecular weight excluding hydrogens is 370 g/mol. The fourth-order valence-electron chi connectivity index (χ4n) is 4.42. The average Bonchev–Trinajstić information content (AvgIpc) is 3.16. The third-order valence-corrected chi connectivity index (χ3v) is 5.85. The summed E-state index contributed by atoms with van der Waals surface area (Å²) in [6.07, 6.45) is 3.54. The molecule has 1 N–H and O–H groups in total. The lowest BCUT2D eigenvalue weighted by Gasteiger charge is -2.32. The van der Waals surface area contributed by atoms with Crippen LogP contribution in [0, 0.1) is 11.3 Å². The molecule has 2 heterocycles. The molecule has 0 aromatic heterocycles. The summed E-state index contributed by atoms with van der Waals surface area (Å²) in [5, 5.41) is 12.4. The minimum atomic E-state index is -0.166. The maximum atomic E-state index is 12.7. The molecule has 1 saturated heterocycles. The minimum Gasteiger partial charge on any atom is -0.322 e. The SMILES string of the molecule is CC(C)c1ccc(C(=O)Nc2ccc3c(c2)C2CCCN2CC3)cc1C#N.Cl. The Hall–Kier alpha value is -2.35. The molecule has 28 heavy (non-hydrogen) atoms. The Morgan fingerprint density at radius 2 is 2.04 bits per heavy atom. The number of benzene rings is 2. The van der Waals surface area contributed by atoms with Crippen molar-refractivity contribution in [3.63, 3.8) is 0 Å². The lowest BCUT2D eigenvalue weighted by atomic mass is 9.92. The van der Waals surface area contributed by atoms with Crippen LogP contribution in [0.4, 0.5) is 5.69 Å². The lowest BCUT2D eigenvalue weighted by molar-refractivity contribution is 0.102. The number of rotatable bonds is 3. The van der Waals surface area contributed by atoms with E-state index in [0.717, 1.165) is 24.2 Å². The van der Waals surface area contributed by atoms with E-state index in [1.807, 2.05) is 18.2 Å². The number of halogens is 1. The second-order valence-corrected chi connectivity index (χ2v) is 7.88. The highest BCUT2D eigenvalue weighted by Crippen LogP contribution is 2.38. The number of carbonyl (C=O) groups is 1. The number of amides is 1. The van der Waals surface area contributed by atoms with Crippen molar-refractivity contribution >= 4 is 24.0 Å². The molecule has 2 aromatic carbocycles. The molecule has 0 aliphatic carbocycles. The number of nitriles is 1. The zero-order chi connectivity index (χ0) is 19.0. The van der Waals surface area contributed by atoms with Gasteiger partial charge in [-0.2, -0.15) is 5.26 Å². The molecule has 1 atom stereocenters. The zero-order valence-electron chi connectivity index (χ0n) is 16.4. The van der Waals surface area contributed by atoms with Gasteiger partial charge in [-0.15, -0.1) is 12.4 Å². The van der Waals surface area contributed by atoms with Crippen LogP contribution >= 0.6 is 12.4 Å². The zero-order valence-corrected chi connectivity index (χ0v) is 17.2. The van der Waals surface area contributed by atoms with Gasteiger partial charge >= 0.3 is 0 Å². The number of hydrogen-bond donors (Lipinski definition) is 1. The van der Waals surface area contributed by atoms with Gasteiger partial charge in [0.05, 0.1) is 11.6 Å². The predicted octanol–water partition coefficient (Wildman–Crippen LogP) is 5.05. The second kappa shape index (κ2) is 8.34. The fourth-order valence-corrected chi connectivity index (χ4v) is 4.42. The first-order valence-electron chi connectivity index (χ1n) is 9.79. The molecule has 0 bridgehead atoms. The smallest absolute Gasteiger partial charge is 0.255 e. The first-order chi connectivity index (χ1) is 13.1. The van der Waals surface area contributed by atoms with Crippen LogP contribution in [0.3, 0.4) is 0 Å². The Bertz CT molecular complexity index is 932. The predicted molar refractivity (Wildman–Crippen MR) is 114 cm³/mol. The molecule has 2 aromatic rings. The summed E-state index contributed by atoms with van der Waals surface area (Å²) in [5.41, 5.74) is 5.68. The molecule has 146 valence electrons. The number of nitrogens with zero attached hydrogens (tertiary/aromatic N) is 2. The molecule has 0 saturated carbocycles. The van der Waals surface area contributed by atoms with Gasteiger partial charge in [-0.1, -0.05) is 26.0 Å². The Morgan fingerprint density at radius 1 is 1.21 bits per heavy atom. The van der Waals surface area contributed by atoms with E-state index < -0.39 is 0 Å². The summed E-state index contributed by atoms with van der Waals surface area (Å²) in [5.74, 6) is 0.0904. The van der Waals surface area contributed by atoms with Crippen molar-refractivity contribution in [2.24, 2.45) is 0 Å². The number of fused-ring (bicyclic) bond motifs is 3. The average molecular weight is 396 g/mol. The maximum Gasteiger partial charge on any atom is 0.255 e. The molecule has 1 fully saturated rings. The van der Waals surface area contributed by atoms with Gasteiger partial charge in [-0.05, 0) is 72.7 Å². The van der Waals surface area contributed by atoms with Crippen molar-refractivity contribution < 1.29 is 4.79 Å². The van der Waals surface area contributed by atoms with Crippen LogP contribution in [0.2, 0.25) is 0 Å². The molecule has 2 aliphatic rings. The normalized spacial score (nSPS) is 18.0. The van der Waals surface area contributed by atoms with E-state index in [9.17, 15) is 10.1 Å². The van der Waals surface area contributed by atoms with Gasteiger partial charge in [0, 0.05) is 23.8 Å². The van der Waals surface area contributed by atoms with Crippen LogP contribution in [0.1, 0.15) is 71.3 Å². The maximum absolute atomic E-state index is 12.7. The first kappa shape index (κ1) is 20.4.